The lowest BCUT2D eigenvalue weighted by Gasteiger charge is -2.26. The lowest BCUT2D eigenvalue weighted by Crippen LogP contribution is -2.40. The van der Waals surface area contributed by atoms with E-state index in [0.29, 0.717) is 4.90 Å². The fraction of sp³-hybridized carbons (Fsp3) is 0.600. The third kappa shape index (κ3) is 2.90. The molecule has 0 spiro atoms. The van der Waals surface area contributed by atoms with E-state index >= 15 is 0 Å². The highest BCUT2D eigenvalue weighted by atomic mass is 32.2. The van der Waals surface area contributed by atoms with Gasteiger partial charge in [0.2, 0.25) is 10.0 Å². The second kappa shape index (κ2) is 5.47. The quantitative estimate of drug-likeness (QED) is 0.891. The van der Waals surface area contributed by atoms with E-state index in [1.807, 2.05) is 12.1 Å². The van der Waals surface area contributed by atoms with Crippen LogP contribution in [0.25, 0.3) is 0 Å². The van der Waals surface area contributed by atoms with Gasteiger partial charge in [-0.3, -0.25) is 0 Å². The lowest BCUT2D eigenvalue weighted by molar-refractivity contribution is 0.373. The van der Waals surface area contributed by atoms with Crippen LogP contribution < -0.4 is 10.5 Å². The summed E-state index contributed by atoms with van der Waals surface area (Å²) in [5.74, 6) is 0. The van der Waals surface area contributed by atoms with Gasteiger partial charge in [-0.1, -0.05) is 6.07 Å². The monoisotopic (exact) mass is 294 g/mol. The number of hydrogen-bond donors (Lipinski definition) is 2. The molecule has 3 rings (SSSR count). The molecule has 4 nitrogen and oxygen atoms in total. The Kier molecular flexibility index (Phi) is 3.84. The molecule has 0 amide bonds. The highest BCUT2D eigenvalue weighted by Crippen LogP contribution is 2.25. The third-order valence-corrected chi connectivity index (χ3v) is 5.99. The van der Waals surface area contributed by atoms with Gasteiger partial charge in [-0.05, 0) is 68.2 Å². The highest BCUT2D eigenvalue weighted by molar-refractivity contribution is 7.89. The Labute approximate surface area is 120 Å². The molecule has 20 heavy (non-hydrogen) atoms. The number of nitrogens with two attached hydrogens (primary N) is 1. The minimum absolute atomic E-state index is 0.0352. The summed E-state index contributed by atoms with van der Waals surface area (Å²) >= 11 is 0. The van der Waals surface area contributed by atoms with E-state index in [1.54, 1.807) is 6.07 Å². The Morgan fingerprint density at radius 2 is 1.75 bits per heavy atom. The van der Waals surface area contributed by atoms with E-state index in [0.717, 1.165) is 44.9 Å². The molecule has 110 valence electrons. The van der Waals surface area contributed by atoms with Crippen LogP contribution in [0.3, 0.4) is 0 Å². The summed E-state index contributed by atoms with van der Waals surface area (Å²) in [6.07, 6.45) is 6.68. The average molecular weight is 294 g/mol. The smallest absolute Gasteiger partial charge is 0.240 e. The van der Waals surface area contributed by atoms with Gasteiger partial charge in [0.1, 0.15) is 0 Å². The summed E-state index contributed by atoms with van der Waals surface area (Å²) in [5, 5.41) is 0. The Bertz CT molecular complexity index is 590. The molecule has 0 saturated heterocycles. The molecule has 0 aliphatic heterocycles. The largest absolute Gasteiger partial charge is 0.328 e. The molecule has 0 atom stereocenters. The molecule has 0 heterocycles. The first-order chi connectivity index (χ1) is 9.54. The second-order valence-electron chi connectivity index (χ2n) is 6.02. The van der Waals surface area contributed by atoms with Crippen molar-refractivity contribution < 1.29 is 8.42 Å². The summed E-state index contributed by atoms with van der Waals surface area (Å²) < 4.78 is 27.7. The summed E-state index contributed by atoms with van der Waals surface area (Å²) in [7, 11) is -3.39. The third-order valence-electron chi connectivity index (χ3n) is 4.47. The van der Waals surface area contributed by atoms with Crippen molar-refractivity contribution in [2.75, 3.05) is 0 Å². The summed E-state index contributed by atoms with van der Waals surface area (Å²) in [5.41, 5.74) is 8.35. The van der Waals surface area contributed by atoms with Gasteiger partial charge in [0, 0.05) is 12.1 Å². The van der Waals surface area contributed by atoms with E-state index in [4.69, 9.17) is 5.73 Å². The summed E-state index contributed by atoms with van der Waals surface area (Å²) in [6.45, 7) is 0. The molecular weight excluding hydrogens is 272 g/mol. The number of sulfonamides is 1. The van der Waals surface area contributed by atoms with Crippen molar-refractivity contribution in [2.45, 2.75) is 61.9 Å². The van der Waals surface area contributed by atoms with Gasteiger partial charge in [-0.15, -0.1) is 0 Å². The number of benzene rings is 1. The van der Waals surface area contributed by atoms with Gasteiger partial charge >= 0.3 is 0 Å². The van der Waals surface area contributed by atoms with Crippen molar-refractivity contribution in [2.24, 2.45) is 5.73 Å². The summed E-state index contributed by atoms with van der Waals surface area (Å²) in [6, 6.07) is 5.82. The highest BCUT2D eigenvalue weighted by Gasteiger charge is 2.25. The fourth-order valence-electron chi connectivity index (χ4n) is 3.24. The number of hydrogen-bond acceptors (Lipinski definition) is 3. The van der Waals surface area contributed by atoms with E-state index in [1.165, 1.54) is 11.1 Å². The molecule has 1 fully saturated rings. The van der Waals surface area contributed by atoms with Gasteiger partial charge < -0.3 is 5.73 Å². The van der Waals surface area contributed by atoms with Crippen molar-refractivity contribution in [3.05, 3.63) is 29.3 Å². The molecule has 0 aromatic heterocycles. The van der Waals surface area contributed by atoms with E-state index in [-0.39, 0.29) is 12.1 Å². The number of fused-ring (bicyclic) bond motifs is 1. The molecule has 1 aromatic carbocycles. The van der Waals surface area contributed by atoms with Crippen LogP contribution in [-0.4, -0.2) is 20.5 Å². The van der Waals surface area contributed by atoms with Gasteiger partial charge in [0.15, 0.2) is 0 Å². The maximum Gasteiger partial charge on any atom is 0.240 e. The fourth-order valence-corrected chi connectivity index (χ4v) is 4.60. The van der Waals surface area contributed by atoms with Crippen LogP contribution in [0.5, 0.6) is 0 Å². The number of nitrogens with one attached hydrogen (secondary N) is 1. The lowest BCUT2D eigenvalue weighted by atomic mass is 9.93. The Morgan fingerprint density at radius 1 is 1.05 bits per heavy atom. The van der Waals surface area contributed by atoms with Crippen LogP contribution in [0.2, 0.25) is 0 Å². The van der Waals surface area contributed by atoms with Crippen LogP contribution >= 0.6 is 0 Å². The van der Waals surface area contributed by atoms with Crippen LogP contribution in [0.1, 0.15) is 43.2 Å². The zero-order valence-electron chi connectivity index (χ0n) is 11.6. The molecule has 0 unspecified atom stereocenters. The Morgan fingerprint density at radius 3 is 2.50 bits per heavy atom. The minimum Gasteiger partial charge on any atom is -0.328 e. The van der Waals surface area contributed by atoms with E-state index in [9.17, 15) is 8.42 Å². The predicted octanol–water partition coefficient (Wildman–Crippen LogP) is 1.72. The van der Waals surface area contributed by atoms with Gasteiger partial charge in [-0.25, -0.2) is 13.1 Å². The van der Waals surface area contributed by atoms with E-state index in [2.05, 4.69) is 4.72 Å². The van der Waals surface area contributed by atoms with Crippen molar-refractivity contribution in [3.63, 3.8) is 0 Å². The minimum atomic E-state index is -3.39. The van der Waals surface area contributed by atoms with Crippen LogP contribution in [0, 0.1) is 0 Å². The molecule has 2 aliphatic rings. The first-order valence-corrected chi connectivity index (χ1v) is 8.92. The van der Waals surface area contributed by atoms with Crippen molar-refractivity contribution in [1.82, 2.24) is 4.72 Å². The zero-order chi connectivity index (χ0) is 14.2. The van der Waals surface area contributed by atoms with Crippen molar-refractivity contribution >= 4 is 10.0 Å². The molecular formula is C15H22N2O2S. The topological polar surface area (TPSA) is 72.2 Å². The predicted molar refractivity (Wildman–Crippen MR) is 79.0 cm³/mol. The standard InChI is InChI=1S/C15H22N2O2S/c16-13-5-7-14(8-6-13)17-20(18,19)15-9-4-11-2-1-3-12(11)10-15/h4,9-10,13-14,17H,1-3,5-8,16H2. The maximum atomic E-state index is 12.4. The first-order valence-electron chi connectivity index (χ1n) is 7.44. The van der Waals surface area contributed by atoms with Crippen molar-refractivity contribution in [1.29, 1.82) is 0 Å². The average Bonchev–Trinajstić information content (AvgIpc) is 2.88. The Balaban J connectivity index is 1.75. The van der Waals surface area contributed by atoms with Crippen molar-refractivity contribution in [3.8, 4) is 0 Å². The molecule has 3 N–H and O–H groups in total. The normalized spacial score (nSPS) is 26.4. The zero-order valence-corrected chi connectivity index (χ0v) is 12.5. The molecule has 0 radical (unpaired) electrons. The molecule has 5 heteroatoms. The Hall–Kier alpha value is -0.910. The number of aryl methyl sites for hydroxylation is 2. The maximum absolute atomic E-state index is 12.4. The first kappa shape index (κ1) is 14.0. The van der Waals surface area contributed by atoms with Gasteiger partial charge in [0.05, 0.1) is 4.90 Å². The summed E-state index contributed by atoms with van der Waals surface area (Å²) in [4.78, 5) is 0.410. The van der Waals surface area contributed by atoms with Crippen LogP contribution in [0.15, 0.2) is 23.1 Å². The number of rotatable bonds is 3. The van der Waals surface area contributed by atoms with Gasteiger partial charge in [-0.2, -0.15) is 0 Å². The molecule has 2 aliphatic carbocycles. The molecule has 1 aromatic rings. The van der Waals surface area contributed by atoms with Gasteiger partial charge in [0.25, 0.3) is 0 Å². The molecule has 1 saturated carbocycles. The van der Waals surface area contributed by atoms with E-state index < -0.39 is 10.0 Å². The SMILES string of the molecule is NC1CCC(NS(=O)(=O)c2ccc3c(c2)CCC3)CC1. The van der Waals surface area contributed by atoms with Crippen LogP contribution in [0.4, 0.5) is 0 Å². The molecule has 0 bridgehead atoms. The second-order valence-corrected chi connectivity index (χ2v) is 7.73. The van der Waals surface area contributed by atoms with Crippen LogP contribution in [-0.2, 0) is 22.9 Å².